The predicted octanol–water partition coefficient (Wildman–Crippen LogP) is 3.37. The Hall–Kier alpha value is -2.83. The van der Waals surface area contributed by atoms with E-state index in [0.717, 1.165) is 0 Å². The molecule has 146 valence electrons. The first-order valence-electron chi connectivity index (χ1n) is 8.75. The van der Waals surface area contributed by atoms with Crippen molar-refractivity contribution in [3.63, 3.8) is 0 Å². The lowest BCUT2D eigenvalue weighted by Gasteiger charge is -2.24. The van der Waals surface area contributed by atoms with Gasteiger partial charge in [0.2, 0.25) is 5.91 Å². The average molecular weight is 376 g/mol. The van der Waals surface area contributed by atoms with Gasteiger partial charge in [0.05, 0.1) is 6.54 Å². The summed E-state index contributed by atoms with van der Waals surface area (Å²) in [6.07, 6.45) is 0. The Kier molecular flexibility index (Phi) is 6.60. The van der Waals surface area contributed by atoms with Crippen LogP contribution < -0.4 is 10.1 Å². The lowest BCUT2D eigenvalue weighted by atomic mass is 10.1. The number of hydrogen-bond acceptors (Lipinski definition) is 4. The van der Waals surface area contributed by atoms with Gasteiger partial charge in [-0.15, -0.1) is 0 Å². The maximum absolute atomic E-state index is 12.9. The van der Waals surface area contributed by atoms with Crippen LogP contribution in [0.3, 0.4) is 0 Å². The molecule has 2 rings (SSSR count). The molecule has 0 bridgehead atoms. The Balaban J connectivity index is 1.95. The number of likely N-dealkylation sites (N-methyl/N-ethyl adjacent to an activating group) is 1. The summed E-state index contributed by atoms with van der Waals surface area (Å²) in [7, 11) is 0. The Morgan fingerprint density at radius 1 is 1.15 bits per heavy atom. The number of carbonyl (C=O) groups excluding carboxylic acids is 2. The first kappa shape index (κ1) is 20.5. The topological polar surface area (TPSA) is 71.8 Å². The van der Waals surface area contributed by atoms with E-state index in [0.29, 0.717) is 18.1 Å². The molecule has 0 unspecified atom stereocenters. The number of nitrogens with zero attached hydrogens (tertiary/aromatic N) is 1. The van der Waals surface area contributed by atoms with Gasteiger partial charge in [0.25, 0.3) is 5.91 Å². The molecule has 0 spiro atoms. The smallest absolute Gasteiger partial charge is 0.290 e. The van der Waals surface area contributed by atoms with E-state index in [9.17, 15) is 14.0 Å². The summed E-state index contributed by atoms with van der Waals surface area (Å²) in [6.45, 7) is 7.86. The van der Waals surface area contributed by atoms with Crippen molar-refractivity contribution in [1.29, 1.82) is 0 Å². The molecule has 0 aliphatic rings. The van der Waals surface area contributed by atoms with Crippen molar-refractivity contribution >= 4 is 11.8 Å². The number of ether oxygens (including phenoxy) is 1. The van der Waals surface area contributed by atoms with Crippen LogP contribution in [-0.2, 0) is 11.4 Å². The highest BCUT2D eigenvalue weighted by Crippen LogP contribution is 2.16. The van der Waals surface area contributed by atoms with E-state index >= 15 is 0 Å². The fourth-order valence-corrected chi connectivity index (χ4v) is 2.37. The number of rotatable bonds is 7. The highest BCUT2D eigenvalue weighted by atomic mass is 19.1. The molecule has 1 heterocycles. The van der Waals surface area contributed by atoms with E-state index in [1.54, 1.807) is 19.1 Å². The second-order valence-corrected chi connectivity index (χ2v) is 7.13. The number of halogens is 1. The summed E-state index contributed by atoms with van der Waals surface area (Å²) in [6, 6.07) is 8.81. The van der Waals surface area contributed by atoms with Gasteiger partial charge in [-0.05, 0) is 64.1 Å². The van der Waals surface area contributed by atoms with Crippen molar-refractivity contribution in [2.45, 2.75) is 39.8 Å². The monoisotopic (exact) mass is 376 g/mol. The van der Waals surface area contributed by atoms with Crippen LogP contribution in [0.1, 0.15) is 44.0 Å². The molecule has 0 radical (unpaired) electrons. The molecule has 0 aliphatic carbocycles. The molecule has 0 saturated heterocycles. The van der Waals surface area contributed by atoms with Gasteiger partial charge in [0, 0.05) is 12.1 Å². The average Bonchev–Trinajstić information content (AvgIpc) is 3.06. The van der Waals surface area contributed by atoms with Crippen molar-refractivity contribution in [3.8, 4) is 5.75 Å². The predicted molar refractivity (Wildman–Crippen MR) is 98.9 cm³/mol. The highest BCUT2D eigenvalue weighted by molar-refractivity contribution is 5.94. The van der Waals surface area contributed by atoms with Crippen LogP contribution >= 0.6 is 0 Å². The van der Waals surface area contributed by atoms with Gasteiger partial charge >= 0.3 is 0 Å². The minimum Gasteiger partial charge on any atom is -0.486 e. The summed E-state index contributed by atoms with van der Waals surface area (Å²) >= 11 is 0. The lowest BCUT2D eigenvalue weighted by molar-refractivity contribution is -0.123. The summed E-state index contributed by atoms with van der Waals surface area (Å²) < 4.78 is 23.9. The molecule has 0 fully saturated rings. The molecule has 27 heavy (non-hydrogen) atoms. The maximum Gasteiger partial charge on any atom is 0.290 e. The van der Waals surface area contributed by atoms with E-state index in [-0.39, 0.29) is 42.1 Å². The summed E-state index contributed by atoms with van der Waals surface area (Å²) in [4.78, 5) is 26.0. The molecule has 7 heteroatoms. The van der Waals surface area contributed by atoms with Gasteiger partial charge in [-0.25, -0.2) is 4.39 Å². The van der Waals surface area contributed by atoms with Gasteiger partial charge in [0.15, 0.2) is 5.76 Å². The van der Waals surface area contributed by atoms with Crippen molar-refractivity contribution < 1.29 is 23.1 Å². The van der Waals surface area contributed by atoms with E-state index in [1.807, 2.05) is 20.8 Å². The number of nitrogens with one attached hydrogen (secondary N) is 1. The molecule has 1 aromatic carbocycles. The molecule has 0 aliphatic heterocycles. The van der Waals surface area contributed by atoms with E-state index in [4.69, 9.17) is 9.15 Å². The van der Waals surface area contributed by atoms with E-state index in [1.165, 1.54) is 29.2 Å². The van der Waals surface area contributed by atoms with Crippen LogP contribution in [0.4, 0.5) is 4.39 Å². The molecule has 1 aromatic heterocycles. The minimum absolute atomic E-state index is 0.0469. The van der Waals surface area contributed by atoms with Crippen molar-refractivity contribution in [3.05, 3.63) is 53.7 Å². The number of hydrogen-bond donors (Lipinski definition) is 1. The molecule has 6 nitrogen and oxygen atoms in total. The number of benzene rings is 1. The zero-order chi connectivity index (χ0) is 20.0. The van der Waals surface area contributed by atoms with Crippen LogP contribution in [0.25, 0.3) is 0 Å². The number of furan rings is 1. The molecule has 0 atom stereocenters. The molecule has 0 saturated carbocycles. The Morgan fingerprint density at radius 3 is 2.41 bits per heavy atom. The van der Waals surface area contributed by atoms with Crippen molar-refractivity contribution in [2.75, 3.05) is 13.1 Å². The van der Waals surface area contributed by atoms with Gasteiger partial charge in [0.1, 0.15) is 23.9 Å². The molecule has 2 aromatic rings. The fraction of sp³-hybridized carbons (Fsp3) is 0.400. The van der Waals surface area contributed by atoms with Gasteiger partial charge in [-0.1, -0.05) is 0 Å². The Labute approximate surface area is 158 Å². The third kappa shape index (κ3) is 6.44. The Morgan fingerprint density at radius 2 is 1.81 bits per heavy atom. The van der Waals surface area contributed by atoms with Crippen molar-refractivity contribution in [2.24, 2.45) is 0 Å². The van der Waals surface area contributed by atoms with Crippen LogP contribution in [-0.4, -0.2) is 35.3 Å². The van der Waals surface area contributed by atoms with E-state index < -0.39 is 0 Å². The summed E-state index contributed by atoms with van der Waals surface area (Å²) in [5.74, 6) is 0.146. The third-order valence-corrected chi connectivity index (χ3v) is 3.58. The first-order chi connectivity index (χ1) is 12.7. The summed E-state index contributed by atoms with van der Waals surface area (Å²) in [5, 5.41) is 2.83. The van der Waals surface area contributed by atoms with Gasteiger partial charge in [-0.3, -0.25) is 9.59 Å². The molecule has 2 amide bonds. The van der Waals surface area contributed by atoms with Gasteiger partial charge in [-0.2, -0.15) is 0 Å². The largest absolute Gasteiger partial charge is 0.486 e. The molecule has 1 N–H and O–H groups in total. The zero-order valence-corrected chi connectivity index (χ0v) is 16.0. The molecular weight excluding hydrogens is 351 g/mol. The maximum atomic E-state index is 12.9. The number of amides is 2. The first-order valence-corrected chi connectivity index (χ1v) is 8.75. The van der Waals surface area contributed by atoms with Gasteiger partial charge < -0.3 is 19.4 Å². The third-order valence-electron chi connectivity index (χ3n) is 3.58. The normalized spacial score (nSPS) is 11.1. The second-order valence-electron chi connectivity index (χ2n) is 7.13. The van der Waals surface area contributed by atoms with Crippen LogP contribution in [0.15, 0.2) is 40.8 Å². The quantitative estimate of drug-likeness (QED) is 0.804. The standard InChI is InChI=1S/C20H25FN2O4/c1-5-23(12-18(24)22-20(2,3)4)19(25)17-11-10-16(27-17)13-26-15-8-6-14(21)7-9-15/h6-11H,5,12-13H2,1-4H3,(H,22,24). The minimum atomic E-state index is -0.366. The zero-order valence-electron chi connectivity index (χ0n) is 16.0. The fourth-order valence-electron chi connectivity index (χ4n) is 2.37. The van der Waals surface area contributed by atoms with Crippen LogP contribution in [0.2, 0.25) is 0 Å². The number of carbonyl (C=O) groups is 2. The molecular formula is C20H25FN2O4. The Bertz CT molecular complexity index is 778. The SMILES string of the molecule is CCN(CC(=O)NC(C)(C)C)C(=O)c1ccc(COc2ccc(F)cc2)o1. The lowest BCUT2D eigenvalue weighted by Crippen LogP contribution is -2.47. The van der Waals surface area contributed by atoms with E-state index in [2.05, 4.69) is 5.32 Å². The summed E-state index contributed by atoms with van der Waals surface area (Å²) in [5.41, 5.74) is -0.366. The van der Waals surface area contributed by atoms with Crippen LogP contribution in [0, 0.1) is 5.82 Å². The van der Waals surface area contributed by atoms with Crippen LogP contribution in [0.5, 0.6) is 5.75 Å². The second kappa shape index (κ2) is 8.70. The van der Waals surface area contributed by atoms with Crippen molar-refractivity contribution in [1.82, 2.24) is 10.2 Å². The highest BCUT2D eigenvalue weighted by Gasteiger charge is 2.22.